The number of hydrogen-bond acceptors (Lipinski definition) is 5. The molecule has 0 saturated carbocycles. The van der Waals surface area contributed by atoms with Gasteiger partial charge in [-0.1, -0.05) is 17.7 Å². The van der Waals surface area contributed by atoms with Gasteiger partial charge in [-0.3, -0.25) is 4.79 Å². The van der Waals surface area contributed by atoms with Crippen molar-refractivity contribution in [2.75, 3.05) is 5.32 Å². The molecule has 5 nitrogen and oxygen atoms in total. The number of rotatable bonds is 5. The Hall–Kier alpha value is -2.60. The number of hydrogen-bond donors (Lipinski definition) is 2. The SMILES string of the molecule is Cc1ccc(Nc2nc(C(=O)NCc3ccco3)cs2)c(C)c1. The van der Waals surface area contributed by atoms with Crippen molar-refractivity contribution in [3.63, 3.8) is 0 Å². The number of carbonyl (C=O) groups is 1. The van der Waals surface area contributed by atoms with Gasteiger partial charge in [-0.25, -0.2) is 4.98 Å². The molecule has 0 bridgehead atoms. The van der Waals surface area contributed by atoms with E-state index in [9.17, 15) is 4.79 Å². The van der Waals surface area contributed by atoms with E-state index >= 15 is 0 Å². The third kappa shape index (κ3) is 3.78. The number of nitrogens with one attached hydrogen (secondary N) is 2. The molecule has 1 amide bonds. The summed E-state index contributed by atoms with van der Waals surface area (Å²) in [6, 6.07) is 9.76. The molecule has 2 N–H and O–H groups in total. The van der Waals surface area contributed by atoms with Gasteiger partial charge in [0.1, 0.15) is 11.5 Å². The Morgan fingerprint density at radius 3 is 2.91 bits per heavy atom. The summed E-state index contributed by atoms with van der Waals surface area (Å²) >= 11 is 1.40. The van der Waals surface area contributed by atoms with Crippen LogP contribution in [0.5, 0.6) is 0 Å². The topological polar surface area (TPSA) is 67.2 Å². The zero-order valence-corrected chi connectivity index (χ0v) is 13.7. The van der Waals surface area contributed by atoms with Gasteiger partial charge >= 0.3 is 0 Å². The Morgan fingerprint density at radius 1 is 1.30 bits per heavy atom. The molecule has 0 atom stereocenters. The number of carbonyl (C=O) groups excluding carboxylic acids is 1. The van der Waals surface area contributed by atoms with E-state index in [0.717, 1.165) is 11.3 Å². The molecule has 0 aliphatic heterocycles. The van der Waals surface area contributed by atoms with Crippen molar-refractivity contribution in [2.45, 2.75) is 20.4 Å². The Labute approximate surface area is 138 Å². The highest BCUT2D eigenvalue weighted by Crippen LogP contribution is 2.24. The van der Waals surface area contributed by atoms with Crippen LogP contribution in [0.3, 0.4) is 0 Å². The summed E-state index contributed by atoms with van der Waals surface area (Å²) in [5.41, 5.74) is 3.75. The second-order valence-corrected chi connectivity index (χ2v) is 6.10. The summed E-state index contributed by atoms with van der Waals surface area (Å²) in [7, 11) is 0. The molecule has 23 heavy (non-hydrogen) atoms. The van der Waals surface area contributed by atoms with Crippen LogP contribution in [0.2, 0.25) is 0 Å². The average molecular weight is 327 g/mol. The lowest BCUT2D eigenvalue weighted by molar-refractivity contribution is 0.0944. The minimum Gasteiger partial charge on any atom is -0.467 e. The first kappa shape index (κ1) is 15.3. The van der Waals surface area contributed by atoms with Crippen molar-refractivity contribution in [1.82, 2.24) is 10.3 Å². The molecule has 1 aromatic carbocycles. The van der Waals surface area contributed by atoms with E-state index in [1.165, 1.54) is 16.9 Å². The normalized spacial score (nSPS) is 10.5. The van der Waals surface area contributed by atoms with E-state index in [0.29, 0.717) is 23.1 Å². The lowest BCUT2D eigenvalue weighted by Crippen LogP contribution is -2.22. The smallest absolute Gasteiger partial charge is 0.271 e. The maximum atomic E-state index is 12.1. The number of benzene rings is 1. The minimum absolute atomic E-state index is 0.216. The second kappa shape index (κ2) is 6.66. The molecule has 0 saturated heterocycles. The predicted octanol–water partition coefficient (Wildman–Crippen LogP) is 4.03. The highest BCUT2D eigenvalue weighted by atomic mass is 32.1. The lowest BCUT2D eigenvalue weighted by Gasteiger charge is -2.07. The van der Waals surface area contributed by atoms with Crippen LogP contribution in [-0.4, -0.2) is 10.9 Å². The fourth-order valence-corrected chi connectivity index (χ4v) is 2.88. The van der Waals surface area contributed by atoms with Crippen molar-refractivity contribution >= 4 is 28.1 Å². The Bertz CT molecular complexity index is 809. The van der Waals surface area contributed by atoms with Crippen LogP contribution < -0.4 is 10.6 Å². The van der Waals surface area contributed by atoms with Crippen molar-refractivity contribution in [3.05, 3.63) is 64.6 Å². The fraction of sp³-hybridized carbons (Fsp3) is 0.176. The number of nitrogens with zero attached hydrogens (tertiary/aromatic N) is 1. The van der Waals surface area contributed by atoms with Crippen molar-refractivity contribution < 1.29 is 9.21 Å². The molecule has 0 fully saturated rings. The molecular weight excluding hydrogens is 310 g/mol. The molecule has 0 radical (unpaired) electrons. The van der Waals surface area contributed by atoms with Gasteiger partial charge < -0.3 is 15.1 Å². The van der Waals surface area contributed by atoms with E-state index in [2.05, 4.69) is 28.6 Å². The Balaban J connectivity index is 1.64. The molecule has 2 heterocycles. The second-order valence-electron chi connectivity index (χ2n) is 5.24. The first-order chi connectivity index (χ1) is 11.1. The third-order valence-corrected chi connectivity index (χ3v) is 4.12. The van der Waals surface area contributed by atoms with Crippen LogP contribution in [0, 0.1) is 13.8 Å². The molecule has 0 aliphatic carbocycles. The van der Waals surface area contributed by atoms with Crippen LogP contribution in [-0.2, 0) is 6.54 Å². The molecule has 3 aromatic rings. The Morgan fingerprint density at radius 2 is 2.17 bits per heavy atom. The highest BCUT2D eigenvalue weighted by Gasteiger charge is 2.11. The van der Waals surface area contributed by atoms with Gasteiger partial charge in [-0.15, -0.1) is 11.3 Å². The molecule has 0 unspecified atom stereocenters. The number of amides is 1. The van der Waals surface area contributed by atoms with Gasteiger partial charge in [0.05, 0.1) is 12.8 Å². The summed E-state index contributed by atoms with van der Waals surface area (Å²) in [5, 5.41) is 8.47. The lowest BCUT2D eigenvalue weighted by atomic mass is 10.1. The zero-order chi connectivity index (χ0) is 16.2. The first-order valence-electron chi connectivity index (χ1n) is 7.22. The predicted molar refractivity (Wildman–Crippen MR) is 91.2 cm³/mol. The van der Waals surface area contributed by atoms with E-state index in [4.69, 9.17) is 4.42 Å². The largest absolute Gasteiger partial charge is 0.467 e. The summed E-state index contributed by atoms with van der Waals surface area (Å²) in [5.74, 6) is 0.494. The summed E-state index contributed by atoms with van der Waals surface area (Å²) in [6.07, 6.45) is 1.58. The zero-order valence-electron chi connectivity index (χ0n) is 12.9. The summed E-state index contributed by atoms with van der Waals surface area (Å²) in [4.78, 5) is 16.4. The quantitative estimate of drug-likeness (QED) is 0.742. The molecule has 6 heteroatoms. The molecule has 3 rings (SSSR count). The average Bonchev–Trinajstić information content (AvgIpc) is 3.19. The monoisotopic (exact) mass is 327 g/mol. The third-order valence-electron chi connectivity index (χ3n) is 3.36. The maximum Gasteiger partial charge on any atom is 0.271 e. The van der Waals surface area contributed by atoms with Gasteiger partial charge in [-0.05, 0) is 37.6 Å². The first-order valence-corrected chi connectivity index (χ1v) is 8.10. The number of thiazole rings is 1. The van der Waals surface area contributed by atoms with Crippen LogP contribution in [0.1, 0.15) is 27.4 Å². The van der Waals surface area contributed by atoms with Gasteiger partial charge in [-0.2, -0.15) is 0 Å². The van der Waals surface area contributed by atoms with Crippen molar-refractivity contribution in [3.8, 4) is 0 Å². The van der Waals surface area contributed by atoms with Gasteiger partial charge in [0.25, 0.3) is 5.91 Å². The number of aromatic nitrogens is 1. The van der Waals surface area contributed by atoms with Crippen LogP contribution in [0.4, 0.5) is 10.8 Å². The van der Waals surface area contributed by atoms with Gasteiger partial charge in [0.15, 0.2) is 5.13 Å². The number of aryl methyl sites for hydroxylation is 2. The number of furan rings is 1. The van der Waals surface area contributed by atoms with Gasteiger partial charge in [0.2, 0.25) is 0 Å². The summed E-state index contributed by atoms with van der Waals surface area (Å²) < 4.78 is 5.18. The Kier molecular flexibility index (Phi) is 4.43. The van der Waals surface area contributed by atoms with E-state index in [1.54, 1.807) is 17.7 Å². The molecule has 118 valence electrons. The van der Waals surface area contributed by atoms with E-state index in [-0.39, 0.29) is 5.91 Å². The minimum atomic E-state index is -0.216. The molecule has 0 spiro atoms. The van der Waals surface area contributed by atoms with E-state index < -0.39 is 0 Å². The van der Waals surface area contributed by atoms with Crippen LogP contribution >= 0.6 is 11.3 Å². The molecule has 0 aliphatic rings. The van der Waals surface area contributed by atoms with Crippen LogP contribution in [0.25, 0.3) is 0 Å². The molecular formula is C17H17N3O2S. The number of anilines is 2. The van der Waals surface area contributed by atoms with Crippen molar-refractivity contribution in [1.29, 1.82) is 0 Å². The van der Waals surface area contributed by atoms with Crippen LogP contribution in [0.15, 0.2) is 46.4 Å². The highest BCUT2D eigenvalue weighted by molar-refractivity contribution is 7.14. The molecule has 2 aromatic heterocycles. The fourth-order valence-electron chi connectivity index (χ4n) is 2.18. The van der Waals surface area contributed by atoms with E-state index in [1.807, 2.05) is 25.1 Å². The van der Waals surface area contributed by atoms with Gasteiger partial charge in [0, 0.05) is 11.1 Å². The maximum absolute atomic E-state index is 12.1. The summed E-state index contributed by atoms with van der Waals surface area (Å²) in [6.45, 7) is 4.45. The van der Waals surface area contributed by atoms with Crippen molar-refractivity contribution in [2.24, 2.45) is 0 Å². The standard InChI is InChI=1S/C17H17N3O2S/c1-11-5-6-14(12(2)8-11)19-17-20-15(10-23-17)16(21)18-9-13-4-3-7-22-13/h3-8,10H,9H2,1-2H3,(H,18,21)(H,19,20).